The Morgan fingerprint density at radius 2 is 1.94 bits per heavy atom. The van der Waals surface area contributed by atoms with Gasteiger partial charge in [0.15, 0.2) is 4.93 Å². The predicted octanol–water partition coefficient (Wildman–Crippen LogP) is 2.88. The van der Waals surface area contributed by atoms with Crippen molar-refractivity contribution in [3.8, 4) is 0 Å². The lowest BCUT2D eigenvalue weighted by molar-refractivity contribution is -0.140. The second-order valence-electron chi connectivity index (χ2n) is 13.2. The molecule has 3 heterocycles. The van der Waals surface area contributed by atoms with Gasteiger partial charge in [0.1, 0.15) is 17.7 Å². The van der Waals surface area contributed by atoms with E-state index in [-0.39, 0.29) is 57.8 Å². The van der Waals surface area contributed by atoms with Crippen LogP contribution in [-0.2, 0) is 47.0 Å². The molecule has 1 aromatic carbocycles. The zero-order valence-electron chi connectivity index (χ0n) is 26.8. The van der Waals surface area contributed by atoms with Gasteiger partial charge in [0, 0.05) is 30.5 Å². The second kappa shape index (κ2) is 14.1. The van der Waals surface area contributed by atoms with Gasteiger partial charge >= 0.3 is 6.09 Å². The number of nitrogens with one attached hydrogen (secondary N) is 2. The Bertz CT molecular complexity index is 1590. The van der Waals surface area contributed by atoms with Crippen LogP contribution in [0.1, 0.15) is 75.8 Å². The molecule has 1 saturated heterocycles. The van der Waals surface area contributed by atoms with Gasteiger partial charge < -0.3 is 25.4 Å². The number of rotatable bonds is 6. The molecule has 6 rings (SSSR count). The van der Waals surface area contributed by atoms with Crippen LogP contribution >= 0.6 is 24.0 Å². The molecule has 264 valence electrons. The van der Waals surface area contributed by atoms with Crippen LogP contribution in [-0.4, -0.2) is 83.8 Å². The second-order valence-corrected chi connectivity index (χ2v) is 15.6. The lowest BCUT2D eigenvalue weighted by Gasteiger charge is -2.28. The van der Waals surface area contributed by atoms with E-state index < -0.39 is 68.4 Å². The molecule has 0 bridgehead atoms. The molecule has 5 atom stereocenters. The first-order valence-electron chi connectivity index (χ1n) is 16.4. The molecule has 4 amide bonds. The number of nitrogens with two attached hydrogens (primary N) is 1. The SMILES string of the molecule is CCOC1(S(=O)(=O)NC(=O)[C@@]23C[C@H]2/C=C\CCCCCC(N)C(=O)N2C[C@H](OC(=O)N4Cc5cccc(Cl)c5C4)C[C@H]2C(=O)N3)CC1.Cl. The van der Waals surface area contributed by atoms with Crippen molar-refractivity contribution in [2.75, 3.05) is 13.2 Å². The summed E-state index contributed by atoms with van der Waals surface area (Å²) in [6, 6.07) is 3.52. The van der Waals surface area contributed by atoms with E-state index in [4.69, 9.17) is 26.8 Å². The van der Waals surface area contributed by atoms with Crippen molar-refractivity contribution in [1.82, 2.24) is 19.8 Å². The minimum atomic E-state index is -4.19. The summed E-state index contributed by atoms with van der Waals surface area (Å²) in [5.74, 6) is -2.38. The summed E-state index contributed by atoms with van der Waals surface area (Å²) < 4.78 is 39.9. The molecule has 0 spiro atoms. The Kier molecular flexibility index (Phi) is 10.7. The van der Waals surface area contributed by atoms with Crippen molar-refractivity contribution in [2.45, 2.75) is 106 Å². The molecule has 2 saturated carbocycles. The van der Waals surface area contributed by atoms with Gasteiger partial charge in [0.25, 0.3) is 15.9 Å². The lowest BCUT2D eigenvalue weighted by atomic mass is 10.1. The fourth-order valence-corrected chi connectivity index (χ4v) is 8.73. The highest BCUT2D eigenvalue weighted by molar-refractivity contribution is 7.91. The molecule has 48 heavy (non-hydrogen) atoms. The number of benzene rings is 1. The number of hydrogen-bond acceptors (Lipinski definition) is 9. The quantitative estimate of drug-likeness (QED) is 0.372. The Labute approximate surface area is 291 Å². The van der Waals surface area contributed by atoms with Crippen LogP contribution in [0.25, 0.3) is 0 Å². The van der Waals surface area contributed by atoms with Crippen molar-refractivity contribution >= 4 is 57.8 Å². The summed E-state index contributed by atoms with van der Waals surface area (Å²) in [7, 11) is -4.19. The van der Waals surface area contributed by atoms with Gasteiger partial charge in [-0.2, -0.15) is 0 Å². The topological polar surface area (TPSA) is 177 Å². The van der Waals surface area contributed by atoms with E-state index in [1.807, 2.05) is 24.3 Å². The third-order valence-electron chi connectivity index (χ3n) is 9.92. The Hall–Kier alpha value is -2.91. The van der Waals surface area contributed by atoms with E-state index in [1.54, 1.807) is 13.0 Å². The summed E-state index contributed by atoms with van der Waals surface area (Å²) in [6.45, 7) is 2.39. The van der Waals surface area contributed by atoms with Gasteiger partial charge in [0.05, 0.1) is 19.1 Å². The highest BCUT2D eigenvalue weighted by Crippen LogP contribution is 2.48. The lowest BCUT2D eigenvalue weighted by Crippen LogP contribution is -2.58. The molecule has 4 N–H and O–H groups in total. The summed E-state index contributed by atoms with van der Waals surface area (Å²) in [4.78, 5) is 55.9. The van der Waals surface area contributed by atoms with Crippen LogP contribution in [0.5, 0.6) is 0 Å². The number of sulfonamides is 1. The number of hydrogen-bond donors (Lipinski definition) is 3. The first kappa shape index (κ1) is 36.4. The number of fused-ring (bicyclic) bond motifs is 3. The zero-order chi connectivity index (χ0) is 33.6. The van der Waals surface area contributed by atoms with Crippen molar-refractivity contribution in [3.05, 3.63) is 46.5 Å². The van der Waals surface area contributed by atoms with Crippen LogP contribution in [0.4, 0.5) is 4.79 Å². The number of ether oxygens (including phenoxy) is 2. The number of amides is 4. The molecule has 3 aliphatic heterocycles. The van der Waals surface area contributed by atoms with Gasteiger partial charge in [-0.05, 0) is 62.6 Å². The highest BCUT2D eigenvalue weighted by Gasteiger charge is 2.64. The van der Waals surface area contributed by atoms with Crippen LogP contribution in [0, 0.1) is 5.92 Å². The summed E-state index contributed by atoms with van der Waals surface area (Å²) in [6.07, 6.45) is 6.64. The number of carbonyl (C=O) groups is 4. The maximum Gasteiger partial charge on any atom is 0.410 e. The Morgan fingerprint density at radius 3 is 2.65 bits per heavy atom. The van der Waals surface area contributed by atoms with Crippen LogP contribution in [0.15, 0.2) is 30.4 Å². The van der Waals surface area contributed by atoms with E-state index in [9.17, 15) is 27.6 Å². The zero-order valence-corrected chi connectivity index (χ0v) is 29.2. The van der Waals surface area contributed by atoms with Crippen LogP contribution in [0.2, 0.25) is 5.02 Å². The normalized spacial score (nSPS) is 30.3. The molecule has 1 unspecified atom stereocenters. The van der Waals surface area contributed by atoms with Gasteiger partial charge in [-0.25, -0.2) is 17.9 Å². The molecular weight excluding hydrogens is 685 g/mol. The molecule has 13 nitrogen and oxygen atoms in total. The van der Waals surface area contributed by atoms with E-state index >= 15 is 0 Å². The standard InChI is InChI=1S/C32H42ClN5O8S.ClH/c1-2-45-31(13-14-31)47(43,44)36-29(41)32-16-21(32)10-6-4-3-5-7-12-25(34)28(40)38-18-22(15-26(38)27(39)35-32)46-30(42)37-17-20-9-8-11-24(33)23(20)19-37;/h6,8-11,21-22,25-26H,2-5,7,12-19,34H2,1H3,(H,35,39)(H,36,41);1H/b10-6-;/t21-,22-,25?,26+,32-;/m1./s1. The Morgan fingerprint density at radius 1 is 1.17 bits per heavy atom. The summed E-state index contributed by atoms with van der Waals surface area (Å²) in [5, 5.41) is 3.37. The fourth-order valence-electron chi connectivity index (χ4n) is 6.95. The van der Waals surface area contributed by atoms with Crippen LogP contribution in [0.3, 0.4) is 0 Å². The summed E-state index contributed by atoms with van der Waals surface area (Å²) in [5.41, 5.74) is 6.54. The van der Waals surface area contributed by atoms with Crippen molar-refractivity contribution < 1.29 is 37.1 Å². The highest BCUT2D eigenvalue weighted by atomic mass is 35.5. The van der Waals surface area contributed by atoms with Crippen molar-refractivity contribution in [2.24, 2.45) is 11.7 Å². The van der Waals surface area contributed by atoms with Crippen LogP contribution < -0.4 is 15.8 Å². The van der Waals surface area contributed by atoms with Gasteiger partial charge in [-0.3, -0.25) is 19.3 Å². The third kappa shape index (κ3) is 7.05. The number of allylic oxidation sites excluding steroid dienone is 1. The smallest absolute Gasteiger partial charge is 0.410 e. The van der Waals surface area contributed by atoms with Gasteiger partial charge in [0.2, 0.25) is 11.8 Å². The maximum atomic E-state index is 14.0. The largest absolute Gasteiger partial charge is 0.444 e. The number of carbonyl (C=O) groups excluding carboxylic acids is 4. The minimum absolute atomic E-state index is 0. The molecule has 0 radical (unpaired) electrons. The van der Waals surface area contributed by atoms with Gasteiger partial charge in [-0.15, -0.1) is 12.4 Å². The molecule has 0 aromatic heterocycles. The molecule has 2 aliphatic carbocycles. The predicted molar refractivity (Wildman–Crippen MR) is 178 cm³/mol. The monoisotopic (exact) mass is 727 g/mol. The first-order valence-corrected chi connectivity index (χ1v) is 18.2. The number of nitrogens with zero attached hydrogens (tertiary/aromatic N) is 2. The molecule has 3 fully saturated rings. The van der Waals surface area contributed by atoms with E-state index in [0.717, 1.165) is 36.8 Å². The summed E-state index contributed by atoms with van der Waals surface area (Å²) >= 11 is 6.32. The van der Waals surface area contributed by atoms with Crippen molar-refractivity contribution in [3.63, 3.8) is 0 Å². The molecule has 1 aromatic rings. The molecule has 5 aliphatic rings. The third-order valence-corrected chi connectivity index (χ3v) is 12.2. The average Bonchev–Trinajstić information content (AvgIpc) is 3.85. The minimum Gasteiger partial charge on any atom is -0.444 e. The van der Waals surface area contributed by atoms with E-state index in [2.05, 4.69) is 10.0 Å². The van der Waals surface area contributed by atoms with Gasteiger partial charge in [-0.1, -0.05) is 48.7 Å². The number of halogens is 2. The molecular formula is C32H43Cl2N5O8S. The van der Waals surface area contributed by atoms with E-state index in [1.165, 1.54) is 9.80 Å². The van der Waals surface area contributed by atoms with E-state index in [0.29, 0.717) is 18.0 Å². The molecule has 16 heteroatoms. The average molecular weight is 729 g/mol. The Balaban J connectivity index is 0.00000451. The van der Waals surface area contributed by atoms with Crippen molar-refractivity contribution in [1.29, 1.82) is 0 Å². The fraction of sp³-hybridized carbons (Fsp3) is 0.625. The maximum absolute atomic E-state index is 14.0. The first-order chi connectivity index (χ1) is 22.4.